The van der Waals surface area contributed by atoms with Crippen molar-refractivity contribution in [2.24, 2.45) is 5.41 Å². The molecule has 3 saturated heterocycles. The standard InChI is InChI=1S/C21H29N5O4/c1-28-16-3-2-15(25-8-12-30-13-9-25)17-18(16)23-19(22-17)24-20(27)26-7-4-21(14-26)5-10-29-11-6-21/h2-3H,4-14H2,1H3,(H2,22,23,24,27). The number of rotatable bonds is 3. The highest BCUT2D eigenvalue weighted by Gasteiger charge is 2.41. The number of hydrogen-bond donors (Lipinski definition) is 2. The normalized spacial score (nSPS) is 21.4. The van der Waals surface area contributed by atoms with E-state index in [2.05, 4.69) is 15.2 Å². The molecule has 0 saturated carbocycles. The summed E-state index contributed by atoms with van der Waals surface area (Å²) in [6.45, 7) is 6.17. The van der Waals surface area contributed by atoms with E-state index in [1.165, 1.54) is 0 Å². The van der Waals surface area contributed by atoms with Crippen LogP contribution in [-0.4, -0.2) is 80.6 Å². The second kappa shape index (κ2) is 7.96. The third-order valence-electron chi connectivity index (χ3n) is 6.66. The molecule has 5 rings (SSSR count). The molecule has 2 N–H and O–H groups in total. The Kier molecular flexibility index (Phi) is 5.16. The zero-order valence-electron chi connectivity index (χ0n) is 17.4. The van der Waals surface area contributed by atoms with Crippen molar-refractivity contribution in [1.29, 1.82) is 0 Å². The number of methoxy groups -OCH3 is 1. The Morgan fingerprint density at radius 3 is 2.67 bits per heavy atom. The van der Waals surface area contributed by atoms with Gasteiger partial charge in [-0.2, -0.15) is 0 Å². The summed E-state index contributed by atoms with van der Waals surface area (Å²) >= 11 is 0. The smallest absolute Gasteiger partial charge is 0.324 e. The Hall–Kier alpha value is -2.52. The van der Waals surface area contributed by atoms with Crippen molar-refractivity contribution in [3.8, 4) is 5.75 Å². The number of imidazole rings is 1. The fourth-order valence-electron chi connectivity index (χ4n) is 4.84. The van der Waals surface area contributed by atoms with Crippen molar-refractivity contribution in [3.05, 3.63) is 12.1 Å². The number of aromatic nitrogens is 2. The molecule has 2 amide bonds. The molecular formula is C21H29N5O4. The monoisotopic (exact) mass is 415 g/mol. The molecule has 162 valence electrons. The molecule has 30 heavy (non-hydrogen) atoms. The number of aromatic amines is 1. The topological polar surface area (TPSA) is 92.0 Å². The number of nitrogens with one attached hydrogen (secondary N) is 2. The minimum absolute atomic E-state index is 0.107. The van der Waals surface area contributed by atoms with Crippen LogP contribution in [0.2, 0.25) is 0 Å². The molecule has 9 heteroatoms. The first-order valence-electron chi connectivity index (χ1n) is 10.7. The van der Waals surface area contributed by atoms with Crippen LogP contribution in [0.15, 0.2) is 12.1 Å². The van der Waals surface area contributed by atoms with E-state index in [4.69, 9.17) is 19.2 Å². The lowest BCUT2D eigenvalue weighted by molar-refractivity contribution is 0.0211. The largest absolute Gasteiger partial charge is 0.494 e. The molecule has 0 aliphatic carbocycles. The molecule has 1 aromatic heterocycles. The molecule has 0 unspecified atom stereocenters. The lowest BCUT2D eigenvalue weighted by Gasteiger charge is -2.33. The summed E-state index contributed by atoms with van der Waals surface area (Å²) in [7, 11) is 1.64. The first-order valence-corrected chi connectivity index (χ1v) is 10.7. The lowest BCUT2D eigenvalue weighted by atomic mass is 9.80. The number of amides is 2. The minimum atomic E-state index is -0.107. The molecule has 3 fully saturated rings. The number of fused-ring (bicyclic) bond motifs is 1. The van der Waals surface area contributed by atoms with Gasteiger partial charge in [-0.25, -0.2) is 9.78 Å². The van der Waals surface area contributed by atoms with Gasteiger partial charge in [0.1, 0.15) is 16.8 Å². The van der Waals surface area contributed by atoms with E-state index in [0.29, 0.717) is 24.9 Å². The summed E-state index contributed by atoms with van der Waals surface area (Å²) in [5.74, 6) is 1.15. The first kappa shape index (κ1) is 19.4. The summed E-state index contributed by atoms with van der Waals surface area (Å²) in [4.78, 5) is 25.0. The number of anilines is 2. The Labute approximate surface area is 175 Å². The van der Waals surface area contributed by atoms with Gasteiger partial charge < -0.3 is 29.0 Å². The van der Waals surface area contributed by atoms with E-state index in [0.717, 1.165) is 75.4 Å². The van der Waals surface area contributed by atoms with Gasteiger partial charge in [0.25, 0.3) is 0 Å². The van der Waals surface area contributed by atoms with E-state index in [-0.39, 0.29) is 11.4 Å². The number of urea groups is 1. The fourth-order valence-corrected chi connectivity index (χ4v) is 4.84. The Balaban J connectivity index is 1.36. The maximum atomic E-state index is 12.9. The number of morpholine rings is 1. The maximum absolute atomic E-state index is 12.9. The summed E-state index contributed by atoms with van der Waals surface area (Å²) in [6.07, 6.45) is 3.10. The SMILES string of the molecule is COc1ccc(N2CCOCC2)c2nc(NC(=O)N3CCC4(CCOCC4)C3)[nH]c12. The Morgan fingerprint density at radius 2 is 1.90 bits per heavy atom. The number of carbonyl (C=O) groups is 1. The number of likely N-dealkylation sites (tertiary alicyclic amines) is 1. The molecule has 2 aromatic rings. The molecule has 1 spiro atoms. The maximum Gasteiger partial charge on any atom is 0.324 e. The molecular weight excluding hydrogens is 386 g/mol. The van der Waals surface area contributed by atoms with Crippen LogP contribution in [0.4, 0.5) is 16.4 Å². The Morgan fingerprint density at radius 1 is 1.13 bits per heavy atom. The quantitative estimate of drug-likeness (QED) is 0.800. The number of hydrogen-bond acceptors (Lipinski definition) is 6. The van der Waals surface area contributed by atoms with Crippen LogP contribution >= 0.6 is 0 Å². The number of carbonyl (C=O) groups excluding carboxylic acids is 1. The predicted molar refractivity (Wildman–Crippen MR) is 113 cm³/mol. The van der Waals surface area contributed by atoms with Crippen LogP contribution in [0, 0.1) is 5.41 Å². The van der Waals surface area contributed by atoms with Crippen LogP contribution in [0.1, 0.15) is 19.3 Å². The van der Waals surface area contributed by atoms with Gasteiger partial charge in [0, 0.05) is 39.4 Å². The average molecular weight is 415 g/mol. The van der Waals surface area contributed by atoms with Crippen LogP contribution in [0.3, 0.4) is 0 Å². The number of benzene rings is 1. The van der Waals surface area contributed by atoms with Gasteiger partial charge in [-0.05, 0) is 36.8 Å². The zero-order valence-corrected chi connectivity index (χ0v) is 17.4. The van der Waals surface area contributed by atoms with E-state index in [1.54, 1.807) is 7.11 Å². The van der Waals surface area contributed by atoms with E-state index < -0.39 is 0 Å². The minimum Gasteiger partial charge on any atom is -0.494 e. The van der Waals surface area contributed by atoms with Crippen LogP contribution < -0.4 is 15.0 Å². The highest BCUT2D eigenvalue weighted by atomic mass is 16.5. The summed E-state index contributed by atoms with van der Waals surface area (Å²) in [6, 6.07) is 3.85. The van der Waals surface area contributed by atoms with E-state index in [9.17, 15) is 4.79 Å². The van der Waals surface area contributed by atoms with Gasteiger partial charge in [-0.3, -0.25) is 5.32 Å². The van der Waals surface area contributed by atoms with Crippen molar-refractivity contribution in [2.45, 2.75) is 19.3 Å². The van der Waals surface area contributed by atoms with Gasteiger partial charge in [0.15, 0.2) is 0 Å². The molecule has 1 aromatic carbocycles. The Bertz CT molecular complexity index is 918. The van der Waals surface area contributed by atoms with E-state index in [1.807, 2.05) is 17.0 Å². The second-order valence-corrected chi connectivity index (χ2v) is 8.41. The van der Waals surface area contributed by atoms with Gasteiger partial charge in [0.05, 0.1) is 26.0 Å². The summed E-state index contributed by atoms with van der Waals surface area (Å²) in [5.41, 5.74) is 2.83. The average Bonchev–Trinajstić information content (AvgIpc) is 3.38. The van der Waals surface area contributed by atoms with Crippen LogP contribution in [-0.2, 0) is 9.47 Å². The third kappa shape index (κ3) is 3.56. The van der Waals surface area contributed by atoms with E-state index >= 15 is 0 Å². The van der Waals surface area contributed by atoms with Gasteiger partial charge in [-0.1, -0.05) is 0 Å². The van der Waals surface area contributed by atoms with Crippen LogP contribution in [0.5, 0.6) is 5.75 Å². The summed E-state index contributed by atoms with van der Waals surface area (Å²) in [5, 5.41) is 2.97. The third-order valence-corrected chi connectivity index (χ3v) is 6.66. The molecule has 0 bridgehead atoms. The molecule has 0 atom stereocenters. The predicted octanol–water partition coefficient (Wildman–Crippen LogP) is 2.44. The molecule has 3 aliphatic rings. The molecule has 3 aliphatic heterocycles. The zero-order chi connectivity index (χ0) is 20.6. The lowest BCUT2D eigenvalue weighted by Crippen LogP contribution is -2.37. The highest BCUT2D eigenvalue weighted by Crippen LogP contribution is 2.40. The van der Waals surface area contributed by atoms with Crippen molar-refractivity contribution >= 4 is 28.7 Å². The summed E-state index contributed by atoms with van der Waals surface area (Å²) < 4.78 is 16.5. The molecule has 9 nitrogen and oxygen atoms in total. The van der Waals surface area contributed by atoms with Gasteiger partial charge >= 0.3 is 6.03 Å². The fraction of sp³-hybridized carbons (Fsp3) is 0.619. The van der Waals surface area contributed by atoms with Crippen LogP contribution in [0.25, 0.3) is 11.0 Å². The van der Waals surface area contributed by atoms with Crippen molar-refractivity contribution in [3.63, 3.8) is 0 Å². The van der Waals surface area contributed by atoms with Crippen molar-refractivity contribution in [2.75, 3.05) is 69.9 Å². The van der Waals surface area contributed by atoms with Crippen molar-refractivity contribution < 1.29 is 19.0 Å². The molecule has 0 radical (unpaired) electrons. The van der Waals surface area contributed by atoms with Gasteiger partial charge in [0.2, 0.25) is 5.95 Å². The number of ether oxygens (including phenoxy) is 3. The van der Waals surface area contributed by atoms with Gasteiger partial charge in [-0.15, -0.1) is 0 Å². The molecule has 4 heterocycles. The first-order chi connectivity index (χ1) is 14.7. The number of H-pyrrole nitrogens is 1. The number of nitrogens with zero attached hydrogens (tertiary/aromatic N) is 3. The second-order valence-electron chi connectivity index (χ2n) is 8.41. The highest BCUT2D eigenvalue weighted by molar-refractivity contribution is 5.97. The van der Waals surface area contributed by atoms with Crippen molar-refractivity contribution in [1.82, 2.24) is 14.9 Å².